The standard InChI is InChI=1S/C16H15N3O/c1-3-11-9-15(20)19-16(17-11)14-8-10(2)12-6-4-5-7-13(12)18-14/h4-9H,3H2,1-2H3,(H,17,19,20). The Balaban J connectivity index is 2.24. The number of H-pyrrole nitrogens is 1. The highest BCUT2D eigenvalue weighted by Crippen LogP contribution is 2.21. The van der Waals surface area contributed by atoms with Gasteiger partial charge in [0.15, 0.2) is 5.82 Å². The van der Waals surface area contributed by atoms with Crippen LogP contribution in [-0.2, 0) is 6.42 Å². The molecule has 3 rings (SSSR count). The number of aromatic amines is 1. The number of nitrogens with zero attached hydrogens (tertiary/aromatic N) is 2. The Morgan fingerprint density at radius 3 is 2.75 bits per heavy atom. The van der Waals surface area contributed by atoms with Crippen LogP contribution in [0.4, 0.5) is 0 Å². The van der Waals surface area contributed by atoms with Crippen molar-refractivity contribution in [2.45, 2.75) is 20.3 Å². The van der Waals surface area contributed by atoms with E-state index in [1.165, 1.54) is 6.07 Å². The Hall–Kier alpha value is -2.49. The molecule has 0 spiro atoms. The molecule has 2 heterocycles. The highest BCUT2D eigenvalue weighted by Gasteiger charge is 2.08. The first-order chi connectivity index (χ1) is 9.67. The second-order valence-electron chi connectivity index (χ2n) is 4.78. The average Bonchev–Trinajstić information content (AvgIpc) is 2.46. The molecule has 4 heteroatoms. The van der Waals surface area contributed by atoms with Crippen LogP contribution in [0.25, 0.3) is 22.4 Å². The number of hydrogen-bond donors (Lipinski definition) is 1. The number of fused-ring (bicyclic) bond motifs is 1. The van der Waals surface area contributed by atoms with Gasteiger partial charge in [-0.3, -0.25) is 4.79 Å². The summed E-state index contributed by atoms with van der Waals surface area (Å²) >= 11 is 0. The van der Waals surface area contributed by atoms with Crippen molar-refractivity contribution in [1.82, 2.24) is 15.0 Å². The highest BCUT2D eigenvalue weighted by atomic mass is 16.1. The molecule has 100 valence electrons. The third-order valence-corrected chi connectivity index (χ3v) is 3.32. The van der Waals surface area contributed by atoms with Gasteiger partial charge in [0.2, 0.25) is 0 Å². The van der Waals surface area contributed by atoms with Gasteiger partial charge >= 0.3 is 0 Å². The maximum Gasteiger partial charge on any atom is 0.251 e. The van der Waals surface area contributed by atoms with E-state index >= 15 is 0 Å². The van der Waals surface area contributed by atoms with E-state index in [-0.39, 0.29) is 5.56 Å². The third kappa shape index (κ3) is 2.20. The smallest absolute Gasteiger partial charge is 0.251 e. The first-order valence-corrected chi connectivity index (χ1v) is 6.64. The van der Waals surface area contributed by atoms with E-state index in [1.807, 2.05) is 44.2 Å². The second kappa shape index (κ2) is 4.89. The van der Waals surface area contributed by atoms with Crippen molar-refractivity contribution in [1.29, 1.82) is 0 Å². The Morgan fingerprint density at radius 1 is 1.15 bits per heavy atom. The Bertz CT molecular complexity index is 836. The van der Waals surface area contributed by atoms with Gasteiger partial charge in [-0.2, -0.15) is 0 Å². The van der Waals surface area contributed by atoms with Crippen molar-refractivity contribution in [3.05, 3.63) is 58.0 Å². The Morgan fingerprint density at radius 2 is 1.95 bits per heavy atom. The van der Waals surface area contributed by atoms with E-state index in [9.17, 15) is 4.79 Å². The summed E-state index contributed by atoms with van der Waals surface area (Å²) in [5.41, 5.74) is 3.37. The predicted octanol–water partition coefficient (Wildman–Crippen LogP) is 2.86. The molecule has 0 saturated heterocycles. The van der Waals surface area contributed by atoms with Crippen molar-refractivity contribution < 1.29 is 0 Å². The molecule has 0 aliphatic rings. The van der Waals surface area contributed by atoms with Crippen molar-refractivity contribution >= 4 is 10.9 Å². The molecule has 0 fully saturated rings. The summed E-state index contributed by atoms with van der Waals surface area (Å²) in [5, 5.41) is 1.12. The van der Waals surface area contributed by atoms with Gasteiger partial charge in [0.05, 0.1) is 5.52 Å². The monoisotopic (exact) mass is 265 g/mol. The summed E-state index contributed by atoms with van der Waals surface area (Å²) in [7, 11) is 0. The number of nitrogens with one attached hydrogen (secondary N) is 1. The van der Waals surface area contributed by atoms with Crippen molar-refractivity contribution in [2.24, 2.45) is 0 Å². The van der Waals surface area contributed by atoms with Crippen LogP contribution < -0.4 is 5.56 Å². The molecule has 0 amide bonds. The molecular formula is C16H15N3O. The summed E-state index contributed by atoms with van der Waals surface area (Å²) < 4.78 is 0. The lowest BCUT2D eigenvalue weighted by molar-refractivity contribution is 0.981. The number of para-hydroxylation sites is 1. The van der Waals surface area contributed by atoms with Crippen LogP contribution in [0.3, 0.4) is 0 Å². The number of hydrogen-bond acceptors (Lipinski definition) is 3. The topological polar surface area (TPSA) is 58.6 Å². The van der Waals surface area contributed by atoms with Crippen LogP contribution in [-0.4, -0.2) is 15.0 Å². The van der Waals surface area contributed by atoms with Gasteiger partial charge in [0.1, 0.15) is 5.69 Å². The second-order valence-corrected chi connectivity index (χ2v) is 4.78. The zero-order valence-corrected chi connectivity index (χ0v) is 11.5. The molecule has 0 saturated carbocycles. The fourth-order valence-electron chi connectivity index (χ4n) is 2.28. The zero-order valence-electron chi connectivity index (χ0n) is 11.5. The normalized spacial score (nSPS) is 10.9. The molecule has 3 aromatic rings. The molecule has 0 unspecified atom stereocenters. The Kier molecular flexibility index (Phi) is 3.06. The van der Waals surface area contributed by atoms with Crippen LogP contribution in [0.5, 0.6) is 0 Å². The minimum Gasteiger partial charge on any atom is -0.305 e. The fraction of sp³-hybridized carbons (Fsp3) is 0.188. The van der Waals surface area contributed by atoms with E-state index in [0.717, 1.165) is 28.6 Å². The predicted molar refractivity (Wildman–Crippen MR) is 79.7 cm³/mol. The number of aryl methyl sites for hydroxylation is 2. The van der Waals surface area contributed by atoms with Gasteiger partial charge in [-0.1, -0.05) is 25.1 Å². The lowest BCUT2D eigenvalue weighted by atomic mass is 10.1. The molecule has 0 atom stereocenters. The van der Waals surface area contributed by atoms with Crippen molar-refractivity contribution in [3.63, 3.8) is 0 Å². The van der Waals surface area contributed by atoms with Crippen LogP contribution in [0.2, 0.25) is 0 Å². The molecule has 1 aromatic carbocycles. The third-order valence-electron chi connectivity index (χ3n) is 3.32. The van der Waals surface area contributed by atoms with Crippen molar-refractivity contribution in [2.75, 3.05) is 0 Å². The number of benzene rings is 1. The lowest BCUT2D eigenvalue weighted by Crippen LogP contribution is -2.10. The van der Waals surface area contributed by atoms with E-state index in [0.29, 0.717) is 11.5 Å². The van der Waals surface area contributed by atoms with Gasteiger partial charge < -0.3 is 4.98 Å². The number of pyridine rings is 1. The molecule has 0 aliphatic carbocycles. The van der Waals surface area contributed by atoms with Gasteiger partial charge in [-0.05, 0) is 31.0 Å². The summed E-state index contributed by atoms with van der Waals surface area (Å²) in [6.07, 6.45) is 0.726. The molecule has 1 N–H and O–H groups in total. The van der Waals surface area contributed by atoms with Gasteiger partial charge in [0, 0.05) is 17.1 Å². The maximum atomic E-state index is 11.7. The summed E-state index contributed by atoms with van der Waals surface area (Å²) in [4.78, 5) is 23.5. The number of aromatic nitrogens is 3. The summed E-state index contributed by atoms with van der Waals surface area (Å²) in [5.74, 6) is 0.531. The van der Waals surface area contributed by atoms with Gasteiger partial charge in [-0.25, -0.2) is 9.97 Å². The van der Waals surface area contributed by atoms with Gasteiger partial charge in [-0.15, -0.1) is 0 Å². The quantitative estimate of drug-likeness (QED) is 0.775. The van der Waals surface area contributed by atoms with Crippen LogP contribution in [0, 0.1) is 6.92 Å². The van der Waals surface area contributed by atoms with E-state index in [1.54, 1.807) is 0 Å². The first kappa shape index (κ1) is 12.5. The number of rotatable bonds is 2. The Labute approximate surface area is 116 Å². The maximum absolute atomic E-state index is 11.7. The zero-order chi connectivity index (χ0) is 14.1. The summed E-state index contributed by atoms with van der Waals surface area (Å²) in [6.45, 7) is 4.01. The van der Waals surface area contributed by atoms with E-state index in [2.05, 4.69) is 15.0 Å². The first-order valence-electron chi connectivity index (χ1n) is 6.64. The molecule has 0 radical (unpaired) electrons. The van der Waals surface area contributed by atoms with E-state index in [4.69, 9.17) is 0 Å². The molecule has 0 bridgehead atoms. The highest BCUT2D eigenvalue weighted by molar-refractivity contribution is 5.84. The minimum atomic E-state index is -0.139. The summed E-state index contributed by atoms with van der Waals surface area (Å²) in [6, 6.07) is 11.4. The van der Waals surface area contributed by atoms with E-state index < -0.39 is 0 Å². The molecule has 0 aliphatic heterocycles. The molecule has 2 aromatic heterocycles. The minimum absolute atomic E-state index is 0.139. The van der Waals surface area contributed by atoms with Crippen LogP contribution >= 0.6 is 0 Å². The SMILES string of the molecule is CCc1cc(=O)[nH]c(-c2cc(C)c3ccccc3n2)n1. The lowest BCUT2D eigenvalue weighted by Gasteiger charge is -2.06. The largest absolute Gasteiger partial charge is 0.305 e. The van der Waals surface area contributed by atoms with Crippen LogP contribution in [0.1, 0.15) is 18.2 Å². The fourth-order valence-corrected chi connectivity index (χ4v) is 2.28. The van der Waals surface area contributed by atoms with Gasteiger partial charge in [0.25, 0.3) is 5.56 Å². The van der Waals surface area contributed by atoms with Crippen molar-refractivity contribution in [3.8, 4) is 11.5 Å². The average molecular weight is 265 g/mol. The molecular weight excluding hydrogens is 250 g/mol. The van der Waals surface area contributed by atoms with Crippen LogP contribution in [0.15, 0.2) is 41.2 Å². The molecule has 4 nitrogen and oxygen atoms in total. The molecule has 20 heavy (non-hydrogen) atoms.